The molecule has 0 spiro atoms. The molecule has 13 heteroatoms. The van der Waals surface area contributed by atoms with E-state index in [4.69, 9.17) is 11.6 Å². The number of alkyl halides is 9. The monoisotopic (exact) mass is 655 g/mol. The van der Waals surface area contributed by atoms with Gasteiger partial charge in [0.1, 0.15) is 0 Å². The molecule has 0 aromatic heterocycles. The minimum absolute atomic E-state index is 0.0226. The number of hydrogen-bond acceptors (Lipinski definition) is 1. The highest BCUT2D eigenvalue weighted by Gasteiger charge is 2.34. The lowest BCUT2D eigenvalue weighted by Crippen LogP contribution is -2.33. The molecule has 0 heterocycles. The third-order valence-electron chi connectivity index (χ3n) is 6.66. The van der Waals surface area contributed by atoms with E-state index < -0.39 is 70.4 Å². The Morgan fingerprint density at radius 1 is 0.705 bits per heavy atom. The summed E-state index contributed by atoms with van der Waals surface area (Å²) in [6.45, 7) is 5.23. The third-order valence-corrected chi connectivity index (χ3v) is 6.93. The van der Waals surface area contributed by atoms with Crippen LogP contribution in [0.3, 0.4) is 0 Å². The van der Waals surface area contributed by atoms with Gasteiger partial charge < -0.3 is 4.90 Å². The lowest BCUT2D eigenvalue weighted by atomic mass is 9.87. The number of rotatable bonds is 8. The zero-order chi connectivity index (χ0) is 33.3. The van der Waals surface area contributed by atoms with Crippen LogP contribution in [0.5, 0.6) is 0 Å². The van der Waals surface area contributed by atoms with E-state index in [0.717, 1.165) is 28.7 Å². The van der Waals surface area contributed by atoms with E-state index in [1.807, 2.05) is 20.8 Å². The Morgan fingerprint density at radius 3 is 1.66 bits per heavy atom. The summed E-state index contributed by atoms with van der Waals surface area (Å²) < 4.78 is 134. The van der Waals surface area contributed by atoms with Crippen molar-refractivity contribution in [3.8, 4) is 0 Å². The second-order valence-corrected chi connectivity index (χ2v) is 11.9. The van der Waals surface area contributed by atoms with Crippen LogP contribution in [0.1, 0.15) is 64.5 Å². The molecule has 240 valence electrons. The largest absolute Gasteiger partial charge is 0.416 e. The quantitative estimate of drug-likeness (QED) is 0.221. The van der Waals surface area contributed by atoms with Gasteiger partial charge in [0, 0.05) is 13.1 Å². The maximum absolute atomic E-state index is 14.9. The molecule has 0 atom stereocenters. The number of amides is 1. The van der Waals surface area contributed by atoms with Crippen molar-refractivity contribution in [1.29, 1.82) is 0 Å². The molecule has 44 heavy (non-hydrogen) atoms. The fourth-order valence-corrected chi connectivity index (χ4v) is 4.80. The van der Waals surface area contributed by atoms with Gasteiger partial charge in [-0.1, -0.05) is 74.8 Å². The first-order valence-corrected chi connectivity index (χ1v) is 13.6. The molecule has 1 amide bonds. The van der Waals surface area contributed by atoms with Gasteiger partial charge in [-0.2, -0.15) is 39.5 Å². The average molecular weight is 656 g/mol. The van der Waals surface area contributed by atoms with E-state index in [1.54, 1.807) is 24.3 Å². The molecule has 3 aromatic carbocycles. The molecule has 0 aliphatic rings. The maximum Gasteiger partial charge on any atom is 0.416 e. The standard InChI is InChI=1S/C31H28ClF10NO/c1-28(2,3)22-6-4-18(5-7-22)17-43(27(44)24-13-23(31(40,41)42)14-25(32)26(24)33)9-8-19-10-20(15-29(34,35)36)12-21(11-19)16-30(37,38)39/h4-7,10-14H,8-9,15-17H2,1-3H3. The van der Waals surface area contributed by atoms with Crippen molar-refractivity contribution < 1.29 is 48.7 Å². The van der Waals surface area contributed by atoms with E-state index in [9.17, 15) is 48.7 Å². The van der Waals surface area contributed by atoms with Gasteiger partial charge in [0.25, 0.3) is 5.91 Å². The molecular weight excluding hydrogens is 628 g/mol. The van der Waals surface area contributed by atoms with Gasteiger partial charge in [-0.25, -0.2) is 4.39 Å². The predicted octanol–water partition coefficient (Wildman–Crippen LogP) is 9.89. The van der Waals surface area contributed by atoms with Gasteiger partial charge in [0.15, 0.2) is 5.82 Å². The van der Waals surface area contributed by atoms with Crippen LogP contribution < -0.4 is 0 Å². The number of benzene rings is 3. The molecule has 0 N–H and O–H groups in total. The second kappa shape index (κ2) is 13.0. The zero-order valence-corrected chi connectivity index (χ0v) is 24.5. The van der Waals surface area contributed by atoms with E-state index in [1.165, 1.54) is 0 Å². The molecule has 3 aromatic rings. The Kier molecular flexibility index (Phi) is 10.4. The summed E-state index contributed by atoms with van der Waals surface area (Å²) in [5, 5.41) is -0.950. The number of halogens is 11. The first-order chi connectivity index (χ1) is 20.0. The summed E-state index contributed by atoms with van der Waals surface area (Å²) in [7, 11) is 0. The Labute approximate surface area is 252 Å². The molecule has 0 aliphatic carbocycles. The van der Waals surface area contributed by atoms with Crippen LogP contribution in [0.2, 0.25) is 5.02 Å². The molecular formula is C31H28ClF10NO. The highest BCUT2D eigenvalue weighted by Crippen LogP contribution is 2.34. The fourth-order valence-electron chi connectivity index (χ4n) is 4.58. The molecule has 0 aliphatic heterocycles. The van der Waals surface area contributed by atoms with Crippen molar-refractivity contribution in [3.63, 3.8) is 0 Å². The SMILES string of the molecule is CC(C)(C)c1ccc(CN(CCc2cc(CC(F)(F)F)cc(CC(F)(F)F)c2)C(=O)c2cc(C(F)(F)F)cc(Cl)c2F)cc1. The molecule has 0 fully saturated rings. The molecule has 3 rings (SSSR count). The van der Waals surface area contributed by atoms with E-state index in [0.29, 0.717) is 17.7 Å². The molecule has 2 nitrogen and oxygen atoms in total. The third kappa shape index (κ3) is 10.1. The van der Waals surface area contributed by atoms with E-state index in [-0.39, 0.29) is 30.5 Å². The van der Waals surface area contributed by atoms with Gasteiger partial charge >= 0.3 is 18.5 Å². The fraction of sp³-hybridized carbons (Fsp3) is 0.387. The Morgan fingerprint density at radius 2 is 1.20 bits per heavy atom. The van der Waals surface area contributed by atoms with Crippen LogP contribution in [-0.4, -0.2) is 29.7 Å². The summed E-state index contributed by atoms with van der Waals surface area (Å²) in [5.41, 5.74) is -2.02. The normalized spacial score (nSPS) is 12.9. The number of nitrogens with zero attached hydrogens (tertiary/aromatic N) is 1. The number of hydrogen-bond donors (Lipinski definition) is 0. The summed E-state index contributed by atoms with van der Waals surface area (Å²) in [6.07, 6.45) is -17.7. The Bertz CT molecular complexity index is 1440. The maximum atomic E-state index is 14.9. The average Bonchev–Trinajstić information content (AvgIpc) is 2.84. The zero-order valence-electron chi connectivity index (χ0n) is 23.7. The highest BCUT2D eigenvalue weighted by molar-refractivity contribution is 6.31. The number of carbonyl (C=O) groups excluding carboxylic acids is 1. The van der Waals surface area contributed by atoms with Crippen molar-refractivity contribution in [2.45, 2.75) is 70.5 Å². The van der Waals surface area contributed by atoms with Crippen molar-refractivity contribution in [1.82, 2.24) is 4.90 Å². The topological polar surface area (TPSA) is 20.3 Å². The molecule has 0 radical (unpaired) electrons. The first kappa shape index (κ1) is 35.2. The highest BCUT2D eigenvalue weighted by atomic mass is 35.5. The van der Waals surface area contributed by atoms with Crippen molar-refractivity contribution in [2.75, 3.05) is 6.54 Å². The van der Waals surface area contributed by atoms with Gasteiger partial charge in [-0.05, 0) is 51.8 Å². The van der Waals surface area contributed by atoms with Crippen LogP contribution in [0.25, 0.3) is 0 Å². The van der Waals surface area contributed by atoms with Gasteiger partial charge in [-0.3, -0.25) is 4.79 Å². The molecule has 0 saturated carbocycles. The van der Waals surface area contributed by atoms with Gasteiger partial charge in [-0.15, -0.1) is 0 Å². The molecule has 0 saturated heterocycles. The van der Waals surface area contributed by atoms with Crippen molar-refractivity contribution in [2.24, 2.45) is 0 Å². The van der Waals surface area contributed by atoms with E-state index in [2.05, 4.69) is 0 Å². The first-order valence-electron chi connectivity index (χ1n) is 13.2. The van der Waals surface area contributed by atoms with Crippen LogP contribution >= 0.6 is 11.6 Å². The smallest absolute Gasteiger partial charge is 0.334 e. The molecule has 0 bridgehead atoms. The van der Waals surface area contributed by atoms with Crippen molar-refractivity contribution in [3.05, 3.63) is 104 Å². The lowest BCUT2D eigenvalue weighted by molar-refractivity contribution is -0.137. The van der Waals surface area contributed by atoms with E-state index >= 15 is 0 Å². The van der Waals surface area contributed by atoms with Crippen LogP contribution in [-0.2, 0) is 37.4 Å². The second-order valence-electron chi connectivity index (χ2n) is 11.5. The Hall–Kier alpha value is -3.28. The van der Waals surface area contributed by atoms with Crippen molar-refractivity contribution >= 4 is 17.5 Å². The number of carbonyl (C=O) groups is 1. The summed E-state index contributed by atoms with van der Waals surface area (Å²) in [4.78, 5) is 14.5. The van der Waals surface area contributed by atoms with Crippen LogP contribution in [0.4, 0.5) is 43.9 Å². The van der Waals surface area contributed by atoms with Gasteiger partial charge in [0.2, 0.25) is 0 Å². The van der Waals surface area contributed by atoms with Gasteiger partial charge in [0.05, 0.1) is 29.0 Å². The Balaban J connectivity index is 2.02. The minimum atomic E-state index is -4.96. The lowest BCUT2D eigenvalue weighted by Gasteiger charge is -2.25. The van der Waals surface area contributed by atoms with Crippen LogP contribution in [0, 0.1) is 5.82 Å². The summed E-state index contributed by atoms with van der Waals surface area (Å²) in [5.74, 6) is -2.60. The minimum Gasteiger partial charge on any atom is -0.334 e. The summed E-state index contributed by atoms with van der Waals surface area (Å²) in [6, 6.07) is 10.4. The summed E-state index contributed by atoms with van der Waals surface area (Å²) >= 11 is 5.68. The van der Waals surface area contributed by atoms with Crippen LogP contribution in [0.15, 0.2) is 54.6 Å². The predicted molar refractivity (Wildman–Crippen MR) is 146 cm³/mol. The molecule has 0 unspecified atom stereocenters.